The summed E-state index contributed by atoms with van der Waals surface area (Å²) in [6, 6.07) is 15.4. The fraction of sp³-hybridized carbons (Fsp3) is 0.211. The van der Waals surface area contributed by atoms with Gasteiger partial charge < -0.3 is 10.2 Å². The summed E-state index contributed by atoms with van der Waals surface area (Å²) in [4.78, 5) is 31.0. The third-order valence-corrected chi connectivity index (χ3v) is 5.35. The van der Waals surface area contributed by atoms with E-state index in [0.717, 1.165) is 21.5 Å². The molecule has 1 aliphatic rings. The van der Waals surface area contributed by atoms with Gasteiger partial charge in [0.05, 0.1) is 16.1 Å². The van der Waals surface area contributed by atoms with Crippen LogP contribution in [0.5, 0.6) is 0 Å². The van der Waals surface area contributed by atoms with Crippen LogP contribution < -0.4 is 10.2 Å². The SMILES string of the molecule is Cc1cccc2sc(NC(=O)C3CC(=O)N(c4ccccc4)C3)nc12. The smallest absolute Gasteiger partial charge is 0.231 e. The molecule has 1 atom stereocenters. The second-order valence-corrected chi connectivity index (χ2v) is 7.20. The molecule has 2 heterocycles. The Morgan fingerprint density at radius 3 is 2.76 bits per heavy atom. The first-order valence-electron chi connectivity index (χ1n) is 8.14. The molecule has 0 radical (unpaired) electrons. The Morgan fingerprint density at radius 2 is 2.00 bits per heavy atom. The zero-order chi connectivity index (χ0) is 17.4. The van der Waals surface area contributed by atoms with E-state index in [-0.39, 0.29) is 24.2 Å². The highest BCUT2D eigenvalue weighted by atomic mass is 32.1. The van der Waals surface area contributed by atoms with Crippen molar-refractivity contribution in [2.75, 3.05) is 16.8 Å². The Balaban J connectivity index is 1.49. The van der Waals surface area contributed by atoms with E-state index in [1.807, 2.05) is 55.5 Å². The van der Waals surface area contributed by atoms with Crippen molar-refractivity contribution >= 4 is 44.2 Å². The van der Waals surface area contributed by atoms with Gasteiger partial charge in [-0.05, 0) is 30.7 Å². The van der Waals surface area contributed by atoms with Gasteiger partial charge in [-0.25, -0.2) is 4.98 Å². The van der Waals surface area contributed by atoms with Crippen molar-refractivity contribution in [2.24, 2.45) is 5.92 Å². The number of carbonyl (C=O) groups excluding carboxylic acids is 2. The van der Waals surface area contributed by atoms with Crippen LogP contribution in [-0.2, 0) is 9.59 Å². The fourth-order valence-corrected chi connectivity index (χ4v) is 4.03. The van der Waals surface area contributed by atoms with Gasteiger partial charge in [0.1, 0.15) is 0 Å². The summed E-state index contributed by atoms with van der Waals surface area (Å²) in [7, 11) is 0. The predicted octanol–water partition coefficient (Wildman–Crippen LogP) is 3.60. The van der Waals surface area contributed by atoms with Gasteiger partial charge in [-0.3, -0.25) is 9.59 Å². The average Bonchev–Trinajstić information content (AvgIpc) is 3.20. The van der Waals surface area contributed by atoms with Crippen LogP contribution in [-0.4, -0.2) is 23.3 Å². The Morgan fingerprint density at radius 1 is 1.20 bits per heavy atom. The minimum absolute atomic E-state index is 0.0218. The average molecular weight is 351 g/mol. The van der Waals surface area contributed by atoms with Gasteiger partial charge >= 0.3 is 0 Å². The highest BCUT2D eigenvalue weighted by molar-refractivity contribution is 7.22. The monoisotopic (exact) mass is 351 g/mol. The highest BCUT2D eigenvalue weighted by Gasteiger charge is 2.35. The molecule has 4 rings (SSSR count). The zero-order valence-corrected chi connectivity index (χ0v) is 14.5. The van der Waals surface area contributed by atoms with Gasteiger partial charge in [-0.1, -0.05) is 41.7 Å². The molecule has 1 fully saturated rings. The van der Waals surface area contributed by atoms with Crippen molar-refractivity contribution in [3.63, 3.8) is 0 Å². The third kappa shape index (κ3) is 3.00. The number of amides is 2. The predicted molar refractivity (Wildman–Crippen MR) is 99.9 cm³/mol. The maximum atomic E-state index is 12.6. The van der Waals surface area contributed by atoms with E-state index >= 15 is 0 Å². The summed E-state index contributed by atoms with van der Waals surface area (Å²) in [6.45, 7) is 2.40. The molecule has 0 saturated carbocycles. The molecule has 1 unspecified atom stereocenters. The lowest BCUT2D eigenvalue weighted by Gasteiger charge is -2.16. The Hall–Kier alpha value is -2.73. The maximum absolute atomic E-state index is 12.6. The van der Waals surface area contributed by atoms with Crippen LogP contribution in [0.25, 0.3) is 10.2 Å². The van der Waals surface area contributed by atoms with Crippen molar-refractivity contribution in [2.45, 2.75) is 13.3 Å². The highest BCUT2D eigenvalue weighted by Crippen LogP contribution is 2.30. The number of benzene rings is 2. The lowest BCUT2D eigenvalue weighted by atomic mass is 10.1. The van der Waals surface area contributed by atoms with Crippen LogP contribution in [0, 0.1) is 12.8 Å². The molecule has 1 N–H and O–H groups in total. The Kier molecular flexibility index (Phi) is 3.97. The molecule has 0 aliphatic carbocycles. The number of para-hydroxylation sites is 2. The molecule has 1 aromatic heterocycles. The summed E-state index contributed by atoms with van der Waals surface area (Å²) in [5.41, 5.74) is 2.83. The largest absolute Gasteiger partial charge is 0.312 e. The van der Waals surface area contributed by atoms with Crippen LogP contribution >= 0.6 is 11.3 Å². The number of hydrogen-bond donors (Lipinski definition) is 1. The third-order valence-electron chi connectivity index (χ3n) is 4.41. The summed E-state index contributed by atoms with van der Waals surface area (Å²) in [5, 5.41) is 3.47. The standard InChI is InChI=1S/C19H17N3O2S/c1-12-6-5-9-15-17(12)20-19(25-15)21-18(24)13-10-16(23)22(11-13)14-7-3-2-4-8-14/h2-9,13H,10-11H2,1H3,(H,20,21,24). The van der Waals surface area contributed by atoms with Crippen molar-refractivity contribution in [3.05, 3.63) is 54.1 Å². The summed E-state index contributed by atoms with van der Waals surface area (Å²) in [5.74, 6) is -0.532. The van der Waals surface area contributed by atoms with E-state index in [0.29, 0.717) is 11.7 Å². The molecule has 1 aliphatic heterocycles. The van der Waals surface area contributed by atoms with E-state index in [2.05, 4.69) is 10.3 Å². The molecule has 6 heteroatoms. The van der Waals surface area contributed by atoms with Crippen LogP contribution in [0.3, 0.4) is 0 Å². The fourth-order valence-electron chi connectivity index (χ4n) is 3.09. The van der Waals surface area contributed by atoms with Crippen molar-refractivity contribution in [3.8, 4) is 0 Å². The molecule has 0 spiro atoms. The number of nitrogens with one attached hydrogen (secondary N) is 1. The maximum Gasteiger partial charge on any atom is 0.231 e. The van der Waals surface area contributed by atoms with Gasteiger partial charge in [0.2, 0.25) is 11.8 Å². The molecule has 5 nitrogen and oxygen atoms in total. The van der Waals surface area contributed by atoms with E-state index in [1.54, 1.807) is 4.90 Å². The molecule has 2 aromatic carbocycles. The van der Waals surface area contributed by atoms with E-state index < -0.39 is 0 Å². The number of thiazole rings is 1. The number of aromatic nitrogens is 1. The van der Waals surface area contributed by atoms with Crippen molar-refractivity contribution < 1.29 is 9.59 Å². The first-order valence-corrected chi connectivity index (χ1v) is 8.96. The lowest BCUT2D eigenvalue weighted by molar-refractivity contribution is -0.122. The van der Waals surface area contributed by atoms with Gasteiger partial charge in [-0.15, -0.1) is 0 Å². The van der Waals surface area contributed by atoms with Crippen molar-refractivity contribution in [1.29, 1.82) is 0 Å². The van der Waals surface area contributed by atoms with E-state index in [1.165, 1.54) is 11.3 Å². The van der Waals surface area contributed by atoms with Gasteiger partial charge in [0.25, 0.3) is 0 Å². The number of carbonyl (C=O) groups is 2. The van der Waals surface area contributed by atoms with Crippen LogP contribution in [0.2, 0.25) is 0 Å². The molecule has 126 valence electrons. The zero-order valence-electron chi connectivity index (χ0n) is 13.7. The lowest BCUT2D eigenvalue weighted by Crippen LogP contribution is -2.28. The van der Waals surface area contributed by atoms with E-state index in [9.17, 15) is 9.59 Å². The molecule has 3 aromatic rings. The van der Waals surface area contributed by atoms with Crippen LogP contribution in [0.1, 0.15) is 12.0 Å². The number of anilines is 2. The van der Waals surface area contributed by atoms with Gasteiger partial charge in [-0.2, -0.15) is 0 Å². The van der Waals surface area contributed by atoms with E-state index in [4.69, 9.17) is 0 Å². The van der Waals surface area contributed by atoms with Crippen molar-refractivity contribution in [1.82, 2.24) is 4.98 Å². The summed E-state index contributed by atoms with van der Waals surface area (Å²) < 4.78 is 1.05. The topological polar surface area (TPSA) is 62.3 Å². The first kappa shape index (κ1) is 15.8. The summed E-state index contributed by atoms with van der Waals surface area (Å²) in [6.07, 6.45) is 0.227. The van der Waals surface area contributed by atoms with Gasteiger partial charge in [0.15, 0.2) is 5.13 Å². The molecular weight excluding hydrogens is 334 g/mol. The Bertz CT molecular complexity index is 952. The minimum Gasteiger partial charge on any atom is -0.312 e. The molecule has 0 bridgehead atoms. The number of hydrogen-bond acceptors (Lipinski definition) is 4. The molecule has 1 saturated heterocycles. The normalized spacial score (nSPS) is 17.2. The summed E-state index contributed by atoms with van der Waals surface area (Å²) >= 11 is 1.45. The van der Waals surface area contributed by atoms with Gasteiger partial charge in [0, 0.05) is 18.7 Å². The second kappa shape index (κ2) is 6.29. The number of fused-ring (bicyclic) bond motifs is 1. The number of rotatable bonds is 3. The molecular formula is C19H17N3O2S. The Labute approximate surface area is 149 Å². The second-order valence-electron chi connectivity index (χ2n) is 6.17. The number of aryl methyl sites for hydroxylation is 1. The minimum atomic E-state index is -0.360. The molecule has 2 amide bonds. The quantitative estimate of drug-likeness (QED) is 0.784. The van der Waals surface area contributed by atoms with Crippen LogP contribution in [0.4, 0.5) is 10.8 Å². The first-order chi connectivity index (χ1) is 12.1. The molecule has 25 heavy (non-hydrogen) atoms. The van der Waals surface area contributed by atoms with Crippen LogP contribution in [0.15, 0.2) is 48.5 Å². The number of nitrogens with zero attached hydrogens (tertiary/aromatic N) is 2.